The van der Waals surface area contributed by atoms with Gasteiger partial charge in [-0.15, -0.1) is 11.8 Å². The van der Waals surface area contributed by atoms with Crippen LogP contribution >= 0.6 is 11.8 Å². The molecular weight excluding hydrogens is 398 g/mol. The Balaban J connectivity index is 1.99. The minimum atomic E-state index is -1.03. The summed E-state index contributed by atoms with van der Waals surface area (Å²) in [6.45, 7) is 4.83. The molecule has 0 radical (unpaired) electrons. The third kappa shape index (κ3) is 6.10. The highest BCUT2D eigenvalue weighted by molar-refractivity contribution is 7.98. The molecule has 0 aliphatic carbocycles. The Hall–Kier alpha value is -3.29. The number of nitrogens with one attached hydrogen (secondary N) is 1. The Bertz CT molecular complexity index is 990. The molecule has 2 rings (SSSR count). The molecule has 6 nitrogen and oxygen atoms in total. The van der Waals surface area contributed by atoms with Gasteiger partial charge in [0, 0.05) is 10.6 Å². The first-order valence-corrected chi connectivity index (χ1v) is 10.4. The molecule has 0 bridgehead atoms. The lowest BCUT2D eigenvalue weighted by Gasteiger charge is -2.27. The zero-order chi connectivity index (χ0) is 22.1. The standard InChI is InChI=1S/C23H23N3O3S/c1-16(2)23(3,15-25)26-21(27)13-29-22(28)19-6-4-5-7-20(19)30-14-18-10-8-17(12-24)9-11-18/h4-11,16H,13-14H2,1-3H3,(H,26,27)/t23-/m1/s1. The summed E-state index contributed by atoms with van der Waals surface area (Å²) in [5.41, 5.74) is 0.955. The van der Waals surface area contributed by atoms with E-state index in [1.165, 1.54) is 11.8 Å². The van der Waals surface area contributed by atoms with Gasteiger partial charge in [-0.2, -0.15) is 10.5 Å². The maximum Gasteiger partial charge on any atom is 0.339 e. The van der Waals surface area contributed by atoms with Gasteiger partial charge in [0.05, 0.1) is 23.3 Å². The predicted octanol–water partition coefficient (Wildman–Crippen LogP) is 4.06. The molecular formula is C23H23N3O3S. The molecule has 1 N–H and O–H groups in total. The molecule has 0 aliphatic rings. The molecule has 0 unspecified atom stereocenters. The molecule has 0 aromatic heterocycles. The lowest BCUT2D eigenvalue weighted by molar-refractivity contribution is -0.125. The van der Waals surface area contributed by atoms with Crippen LogP contribution in [0.3, 0.4) is 0 Å². The van der Waals surface area contributed by atoms with Gasteiger partial charge in [0.15, 0.2) is 6.61 Å². The maximum atomic E-state index is 12.5. The third-order valence-electron chi connectivity index (χ3n) is 4.70. The number of rotatable bonds is 8. The van der Waals surface area contributed by atoms with Crippen molar-refractivity contribution in [3.63, 3.8) is 0 Å². The first-order chi connectivity index (χ1) is 14.3. The number of esters is 1. The molecule has 1 amide bonds. The van der Waals surface area contributed by atoms with Crippen LogP contribution in [-0.4, -0.2) is 24.0 Å². The molecule has 2 aromatic rings. The highest BCUT2D eigenvalue weighted by Gasteiger charge is 2.30. The van der Waals surface area contributed by atoms with Crippen molar-refractivity contribution in [3.8, 4) is 12.1 Å². The molecule has 0 saturated carbocycles. The number of nitrogens with zero attached hydrogens (tertiary/aromatic N) is 2. The van der Waals surface area contributed by atoms with Gasteiger partial charge >= 0.3 is 5.97 Å². The molecule has 0 aliphatic heterocycles. The molecule has 0 fully saturated rings. The van der Waals surface area contributed by atoms with E-state index < -0.39 is 24.0 Å². The summed E-state index contributed by atoms with van der Waals surface area (Å²) in [6, 6.07) is 18.4. The van der Waals surface area contributed by atoms with Gasteiger partial charge in [0.2, 0.25) is 0 Å². The molecule has 0 saturated heterocycles. The smallest absolute Gasteiger partial charge is 0.339 e. The Morgan fingerprint density at radius 2 is 1.80 bits per heavy atom. The van der Waals surface area contributed by atoms with Crippen LogP contribution in [0, 0.1) is 28.6 Å². The topological polar surface area (TPSA) is 103 Å². The second kappa shape index (κ2) is 10.5. The Kier molecular flexibility index (Phi) is 8.03. The number of hydrogen-bond acceptors (Lipinski definition) is 6. The average Bonchev–Trinajstić information content (AvgIpc) is 2.76. The lowest BCUT2D eigenvalue weighted by atomic mass is 9.90. The summed E-state index contributed by atoms with van der Waals surface area (Å²) in [4.78, 5) is 25.4. The zero-order valence-electron chi connectivity index (χ0n) is 17.1. The Morgan fingerprint density at radius 3 is 2.40 bits per heavy atom. The van der Waals surface area contributed by atoms with Crippen molar-refractivity contribution >= 4 is 23.6 Å². The van der Waals surface area contributed by atoms with Crippen LogP contribution in [0.4, 0.5) is 0 Å². The normalized spacial score (nSPS) is 12.3. The van der Waals surface area contributed by atoms with Crippen LogP contribution in [0.25, 0.3) is 0 Å². The summed E-state index contributed by atoms with van der Waals surface area (Å²) in [7, 11) is 0. The fourth-order valence-corrected chi connectivity index (χ4v) is 3.43. The molecule has 2 aromatic carbocycles. The van der Waals surface area contributed by atoms with Crippen LogP contribution in [0.15, 0.2) is 53.4 Å². The molecule has 0 heterocycles. The average molecular weight is 422 g/mol. The van der Waals surface area contributed by atoms with E-state index in [2.05, 4.69) is 17.5 Å². The van der Waals surface area contributed by atoms with Crippen molar-refractivity contribution in [1.82, 2.24) is 5.32 Å². The van der Waals surface area contributed by atoms with Crippen molar-refractivity contribution in [2.75, 3.05) is 6.61 Å². The molecule has 154 valence electrons. The quantitative estimate of drug-likeness (QED) is 0.509. The van der Waals surface area contributed by atoms with Crippen molar-refractivity contribution < 1.29 is 14.3 Å². The first kappa shape index (κ1) is 23.0. The van der Waals surface area contributed by atoms with E-state index in [4.69, 9.17) is 10.00 Å². The number of benzene rings is 2. The highest BCUT2D eigenvalue weighted by Crippen LogP contribution is 2.27. The fraction of sp³-hybridized carbons (Fsp3) is 0.304. The van der Waals surface area contributed by atoms with Crippen molar-refractivity contribution in [3.05, 3.63) is 65.2 Å². The van der Waals surface area contributed by atoms with Gasteiger partial charge in [-0.05, 0) is 42.7 Å². The number of thioether (sulfide) groups is 1. The van der Waals surface area contributed by atoms with Crippen LogP contribution < -0.4 is 5.32 Å². The second-order valence-corrected chi connectivity index (χ2v) is 8.20. The van der Waals surface area contributed by atoms with E-state index in [0.717, 1.165) is 10.5 Å². The fourth-order valence-electron chi connectivity index (χ4n) is 2.43. The number of ether oxygens (including phenoxy) is 1. The van der Waals surface area contributed by atoms with Gasteiger partial charge in [-0.1, -0.05) is 38.1 Å². The molecule has 1 atom stereocenters. The lowest BCUT2D eigenvalue weighted by Crippen LogP contribution is -2.50. The monoisotopic (exact) mass is 421 g/mol. The van der Waals surface area contributed by atoms with Gasteiger partial charge < -0.3 is 10.1 Å². The van der Waals surface area contributed by atoms with Gasteiger partial charge in [0.25, 0.3) is 5.91 Å². The summed E-state index contributed by atoms with van der Waals surface area (Å²) < 4.78 is 5.17. The predicted molar refractivity (Wildman–Crippen MR) is 114 cm³/mol. The first-order valence-electron chi connectivity index (χ1n) is 9.39. The summed E-state index contributed by atoms with van der Waals surface area (Å²) in [5.74, 6) is -0.604. The van der Waals surface area contributed by atoms with Crippen LogP contribution in [0.2, 0.25) is 0 Å². The van der Waals surface area contributed by atoms with Gasteiger partial charge in [0.1, 0.15) is 5.54 Å². The Morgan fingerprint density at radius 1 is 1.13 bits per heavy atom. The van der Waals surface area contributed by atoms with E-state index in [1.54, 1.807) is 31.2 Å². The number of carbonyl (C=O) groups excluding carboxylic acids is 2. The Labute approximate surface area is 180 Å². The molecule has 30 heavy (non-hydrogen) atoms. The van der Waals surface area contributed by atoms with Gasteiger partial charge in [-0.25, -0.2) is 4.79 Å². The van der Waals surface area contributed by atoms with E-state index in [9.17, 15) is 14.9 Å². The zero-order valence-corrected chi connectivity index (χ0v) is 18.0. The van der Waals surface area contributed by atoms with E-state index in [0.29, 0.717) is 16.9 Å². The number of hydrogen-bond donors (Lipinski definition) is 1. The van der Waals surface area contributed by atoms with E-state index >= 15 is 0 Å². The molecule has 0 spiro atoms. The van der Waals surface area contributed by atoms with Crippen LogP contribution in [0.5, 0.6) is 0 Å². The second-order valence-electron chi connectivity index (χ2n) is 7.19. The third-order valence-corrected chi connectivity index (χ3v) is 5.85. The number of nitriles is 2. The van der Waals surface area contributed by atoms with Crippen LogP contribution in [-0.2, 0) is 15.3 Å². The van der Waals surface area contributed by atoms with E-state index in [-0.39, 0.29) is 5.92 Å². The minimum absolute atomic E-state index is 0.0958. The maximum absolute atomic E-state index is 12.5. The van der Waals surface area contributed by atoms with Crippen molar-refractivity contribution in [1.29, 1.82) is 10.5 Å². The van der Waals surface area contributed by atoms with E-state index in [1.807, 2.05) is 38.1 Å². The van der Waals surface area contributed by atoms with Crippen molar-refractivity contribution in [2.24, 2.45) is 5.92 Å². The minimum Gasteiger partial charge on any atom is -0.452 e. The number of carbonyl (C=O) groups is 2. The highest BCUT2D eigenvalue weighted by atomic mass is 32.2. The van der Waals surface area contributed by atoms with Gasteiger partial charge in [-0.3, -0.25) is 4.79 Å². The summed E-state index contributed by atoms with van der Waals surface area (Å²) in [6.07, 6.45) is 0. The largest absolute Gasteiger partial charge is 0.452 e. The SMILES string of the molecule is CC(C)[C@@](C)(C#N)NC(=O)COC(=O)c1ccccc1SCc1ccc(C#N)cc1. The molecule has 7 heteroatoms. The summed E-state index contributed by atoms with van der Waals surface area (Å²) in [5, 5.41) is 20.8. The number of amides is 1. The van der Waals surface area contributed by atoms with Crippen LogP contribution in [0.1, 0.15) is 42.3 Å². The van der Waals surface area contributed by atoms with Crippen molar-refractivity contribution in [2.45, 2.75) is 37.0 Å². The summed E-state index contributed by atoms with van der Waals surface area (Å²) >= 11 is 1.47.